The zero-order valence-electron chi connectivity index (χ0n) is 17.1. The minimum Gasteiger partial charge on any atom is -0.455 e. The summed E-state index contributed by atoms with van der Waals surface area (Å²) in [6.07, 6.45) is 9.02. The molecule has 0 atom stereocenters. The minimum absolute atomic E-state index is 0.0454. The van der Waals surface area contributed by atoms with Crippen LogP contribution in [0.4, 0.5) is 5.69 Å². The van der Waals surface area contributed by atoms with E-state index in [4.69, 9.17) is 4.74 Å². The Kier molecular flexibility index (Phi) is 7.98. The van der Waals surface area contributed by atoms with Gasteiger partial charge in [-0.15, -0.1) is 11.8 Å². The molecule has 1 saturated carbocycles. The lowest BCUT2D eigenvalue weighted by molar-refractivity contribution is -0.144. The van der Waals surface area contributed by atoms with Crippen LogP contribution in [0.1, 0.15) is 49.7 Å². The van der Waals surface area contributed by atoms with Crippen molar-refractivity contribution in [3.8, 4) is 0 Å². The number of carbonyl (C=O) groups excluding carboxylic acids is 3. The van der Waals surface area contributed by atoms with Gasteiger partial charge in [-0.3, -0.25) is 14.4 Å². The Morgan fingerprint density at radius 2 is 1.83 bits per heavy atom. The number of hydrogen-bond acceptors (Lipinski definition) is 5. The summed E-state index contributed by atoms with van der Waals surface area (Å²) in [6, 6.07) is 6.24. The van der Waals surface area contributed by atoms with E-state index in [2.05, 4.69) is 5.32 Å². The molecule has 2 amide bonds. The summed E-state index contributed by atoms with van der Waals surface area (Å²) in [6.45, 7) is -0.313. The Balaban J connectivity index is 1.31. The molecular weight excluding hydrogens is 388 g/mol. The van der Waals surface area contributed by atoms with Crippen LogP contribution >= 0.6 is 11.8 Å². The Hall–Kier alpha value is -2.02. The molecular formula is C22H30N2O4S. The van der Waals surface area contributed by atoms with Gasteiger partial charge in [0.2, 0.25) is 5.91 Å². The molecule has 1 aromatic carbocycles. The van der Waals surface area contributed by atoms with Crippen molar-refractivity contribution in [3.05, 3.63) is 29.3 Å². The number of esters is 1. The van der Waals surface area contributed by atoms with Crippen molar-refractivity contribution < 1.29 is 19.1 Å². The zero-order chi connectivity index (χ0) is 20.6. The van der Waals surface area contributed by atoms with Crippen LogP contribution in [-0.2, 0) is 32.0 Å². The lowest BCUT2D eigenvalue weighted by Crippen LogP contribution is -2.39. The molecule has 0 bridgehead atoms. The minimum atomic E-state index is -0.479. The number of nitrogens with one attached hydrogen (secondary N) is 1. The fourth-order valence-electron chi connectivity index (χ4n) is 4.03. The predicted octanol–water partition coefficient (Wildman–Crippen LogP) is 3.18. The van der Waals surface area contributed by atoms with Crippen LogP contribution in [-0.4, -0.2) is 53.9 Å². The van der Waals surface area contributed by atoms with Crippen LogP contribution in [0.25, 0.3) is 0 Å². The van der Waals surface area contributed by atoms with E-state index in [9.17, 15) is 14.4 Å². The SMILES string of the molecule is CN(C(=O)CSCC(=O)OCC(=O)Nc1ccc2c(c1)CCC2)C1CCCCC1. The first-order chi connectivity index (χ1) is 14.0. The number of hydrogen-bond donors (Lipinski definition) is 1. The highest BCUT2D eigenvalue weighted by Gasteiger charge is 2.22. The molecule has 0 saturated heterocycles. The fraction of sp³-hybridized carbons (Fsp3) is 0.591. The van der Waals surface area contributed by atoms with Crippen LogP contribution in [0.3, 0.4) is 0 Å². The van der Waals surface area contributed by atoms with Crippen molar-refractivity contribution >= 4 is 35.2 Å². The second kappa shape index (κ2) is 10.7. The Morgan fingerprint density at radius 3 is 2.62 bits per heavy atom. The van der Waals surface area contributed by atoms with Gasteiger partial charge in [-0.2, -0.15) is 0 Å². The summed E-state index contributed by atoms with van der Waals surface area (Å²) in [7, 11) is 1.85. The summed E-state index contributed by atoms with van der Waals surface area (Å²) in [5.41, 5.74) is 3.35. The second-order valence-electron chi connectivity index (χ2n) is 7.84. The van der Waals surface area contributed by atoms with Gasteiger partial charge < -0.3 is 15.0 Å². The molecule has 158 valence electrons. The van der Waals surface area contributed by atoms with Gasteiger partial charge in [0.05, 0.1) is 11.5 Å². The highest BCUT2D eigenvalue weighted by atomic mass is 32.2. The maximum Gasteiger partial charge on any atom is 0.316 e. The number of fused-ring (bicyclic) bond motifs is 1. The highest BCUT2D eigenvalue weighted by Crippen LogP contribution is 2.25. The molecule has 0 aliphatic heterocycles. The van der Waals surface area contributed by atoms with Crippen molar-refractivity contribution in [3.63, 3.8) is 0 Å². The number of aryl methyl sites for hydroxylation is 2. The standard InChI is InChI=1S/C22H30N2O4S/c1-24(19-8-3-2-4-9-19)21(26)14-29-15-22(27)28-13-20(25)23-18-11-10-16-6-5-7-17(16)12-18/h10-12,19H,2-9,13-15H2,1H3,(H,23,25). The molecule has 3 rings (SSSR count). The number of anilines is 1. The van der Waals surface area contributed by atoms with Crippen LogP contribution in [0, 0.1) is 0 Å². The van der Waals surface area contributed by atoms with Gasteiger partial charge in [-0.05, 0) is 55.4 Å². The third-order valence-electron chi connectivity index (χ3n) is 5.71. The molecule has 6 nitrogen and oxygen atoms in total. The second-order valence-corrected chi connectivity index (χ2v) is 8.82. The van der Waals surface area contributed by atoms with E-state index in [1.54, 1.807) is 0 Å². The predicted molar refractivity (Wildman–Crippen MR) is 115 cm³/mol. The molecule has 29 heavy (non-hydrogen) atoms. The molecule has 0 heterocycles. The molecule has 0 radical (unpaired) electrons. The van der Waals surface area contributed by atoms with Crippen molar-refractivity contribution in [2.75, 3.05) is 30.5 Å². The summed E-state index contributed by atoms with van der Waals surface area (Å²) < 4.78 is 5.03. The van der Waals surface area contributed by atoms with Gasteiger partial charge in [0, 0.05) is 18.8 Å². The number of nitrogens with zero attached hydrogens (tertiary/aromatic N) is 1. The van der Waals surface area contributed by atoms with Gasteiger partial charge in [0.25, 0.3) is 5.91 Å². The van der Waals surface area contributed by atoms with E-state index in [1.165, 1.54) is 42.2 Å². The zero-order valence-corrected chi connectivity index (χ0v) is 17.9. The maximum absolute atomic E-state index is 12.3. The molecule has 0 unspecified atom stereocenters. The third-order valence-corrected chi connectivity index (χ3v) is 6.60. The summed E-state index contributed by atoms with van der Waals surface area (Å²) in [4.78, 5) is 37.9. The summed E-state index contributed by atoms with van der Waals surface area (Å²) in [5.74, 6) is -0.467. The van der Waals surface area contributed by atoms with E-state index < -0.39 is 5.97 Å². The maximum atomic E-state index is 12.3. The van der Waals surface area contributed by atoms with Crippen LogP contribution in [0.2, 0.25) is 0 Å². The van der Waals surface area contributed by atoms with Gasteiger partial charge in [-0.1, -0.05) is 25.3 Å². The molecule has 1 N–H and O–H groups in total. The van der Waals surface area contributed by atoms with Crippen LogP contribution in [0.5, 0.6) is 0 Å². The highest BCUT2D eigenvalue weighted by molar-refractivity contribution is 8.00. The van der Waals surface area contributed by atoms with Gasteiger partial charge in [0.1, 0.15) is 0 Å². The number of ether oxygens (including phenoxy) is 1. The average Bonchev–Trinajstić information content (AvgIpc) is 3.20. The van der Waals surface area contributed by atoms with Gasteiger partial charge in [0.15, 0.2) is 6.61 Å². The smallest absolute Gasteiger partial charge is 0.316 e. The van der Waals surface area contributed by atoms with Gasteiger partial charge in [-0.25, -0.2) is 0 Å². The Bertz CT molecular complexity index is 746. The monoisotopic (exact) mass is 418 g/mol. The number of carbonyl (C=O) groups is 3. The molecule has 2 aliphatic carbocycles. The number of thioether (sulfide) groups is 1. The van der Waals surface area contributed by atoms with Gasteiger partial charge >= 0.3 is 5.97 Å². The molecule has 2 aliphatic rings. The Morgan fingerprint density at radius 1 is 1.07 bits per heavy atom. The molecule has 1 fully saturated rings. The third kappa shape index (κ3) is 6.49. The van der Waals surface area contributed by atoms with E-state index >= 15 is 0 Å². The van der Waals surface area contributed by atoms with Crippen molar-refractivity contribution in [2.24, 2.45) is 0 Å². The summed E-state index contributed by atoms with van der Waals surface area (Å²) in [5, 5.41) is 2.77. The van der Waals surface area contributed by atoms with E-state index in [0.717, 1.165) is 37.8 Å². The lowest BCUT2D eigenvalue weighted by Gasteiger charge is -2.31. The van der Waals surface area contributed by atoms with Crippen molar-refractivity contribution in [1.29, 1.82) is 0 Å². The molecule has 1 aromatic rings. The van der Waals surface area contributed by atoms with Crippen LogP contribution in [0.15, 0.2) is 18.2 Å². The number of rotatable bonds is 8. The van der Waals surface area contributed by atoms with E-state index in [-0.39, 0.29) is 29.9 Å². The largest absolute Gasteiger partial charge is 0.455 e. The molecule has 0 aromatic heterocycles. The lowest BCUT2D eigenvalue weighted by atomic mass is 9.94. The van der Waals surface area contributed by atoms with Crippen molar-refractivity contribution in [2.45, 2.75) is 57.4 Å². The topological polar surface area (TPSA) is 75.7 Å². The van der Waals surface area contributed by atoms with E-state index in [1.807, 2.05) is 30.1 Å². The molecule has 7 heteroatoms. The van der Waals surface area contributed by atoms with E-state index in [0.29, 0.717) is 6.04 Å². The number of benzene rings is 1. The normalized spacial score (nSPS) is 16.2. The number of amides is 2. The molecule has 0 spiro atoms. The fourth-order valence-corrected chi connectivity index (χ4v) is 4.76. The Labute approximate surface area is 176 Å². The summed E-state index contributed by atoms with van der Waals surface area (Å²) >= 11 is 1.23. The van der Waals surface area contributed by atoms with Crippen molar-refractivity contribution in [1.82, 2.24) is 4.90 Å². The first-order valence-electron chi connectivity index (χ1n) is 10.4. The van der Waals surface area contributed by atoms with Crippen LogP contribution < -0.4 is 5.32 Å². The average molecular weight is 419 g/mol. The quantitative estimate of drug-likeness (QED) is 0.656. The first-order valence-corrected chi connectivity index (χ1v) is 11.6. The first kappa shape index (κ1) is 21.7.